The van der Waals surface area contributed by atoms with E-state index < -0.39 is 5.91 Å². The lowest BCUT2D eigenvalue weighted by Crippen LogP contribution is -2.14. The van der Waals surface area contributed by atoms with Crippen LogP contribution in [0.25, 0.3) is 11.1 Å². The molecule has 1 amide bonds. The van der Waals surface area contributed by atoms with Crippen LogP contribution in [0, 0.1) is 0 Å². The van der Waals surface area contributed by atoms with E-state index in [0.29, 0.717) is 13.2 Å². The summed E-state index contributed by atoms with van der Waals surface area (Å²) in [5.74, 6) is -0.520. The first-order valence-electron chi connectivity index (χ1n) is 8.88. The van der Waals surface area contributed by atoms with E-state index in [4.69, 9.17) is 10.5 Å². The van der Waals surface area contributed by atoms with Crippen LogP contribution in [0.3, 0.4) is 0 Å². The van der Waals surface area contributed by atoms with Gasteiger partial charge in [0.2, 0.25) is 0 Å². The highest BCUT2D eigenvalue weighted by Gasteiger charge is 2.09. The van der Waals surface area contributed by atoms with Crippen molar-refractivity contribution in [2.45, 2.75) is 54.0 Å². The molecule has 0 aliphatic carbocycles. The minimum absolute atomic E-state index is 0.281. The molecule has 0 spiro atoms. The summed E-state index contributed by atoms with van der Waals surface area (Å²) in [5, 5.41) is 4.26. The number of methoxy groups -OCH3 is 1. The Labute approximate surface area is 151 Å². The summed E-state index contributed by atoms with van der Waals surface area (Å²) in [6.07, 6.45) is 5.67. The second-order valence-electron chi connectivity index (χ2n) is 5.14. The third-order valence-electron chi connectivity index (χ3n) is 2.98. The highest BCUT2D eigenvalue weighted by molar-refractivity contribution is 5.92. The van der Waals surface area contributed by atoms with Gasteiger partial charge in [0.25, 0.3) is 5.91 Å². The summed E-state index contributed by atoms with van der Waals surface area (Å²) in [4.78, 5) is 15.5. The van der Waals surface area contributed by atoms with E-state index >= 15 is 0 Å². The lowest BCUT2D eigenvalue weighted by Gasteiger charge is -2.04. The van der Waals surface area contributed by atoms with Crippen molar-refractivity contribution in [2.24, 2.45) is 5.73 Å². The first-order chi connectivity index (χ1) is 12.0. The molecule has 2 N–H and O–H groups in total. The highest BCUT2D eigenvalue weighted by atomic mass is 16.5. The van der Waals surface area contributed by atoms with Gasteiger partial charge < -0.3 is 10.5 Å². The van der Waals surface area contributed by atoms with Crippen molar-refractivity contribution in [1.82, 2.24) is 14.8 Å². The first kappa shape index (κ1) is 22.8. The average Bonchev–Trinajstić information content (AvgIpc) is 3.11. The molecule has 2 heterocycles. The normalized spacial score (nSPS) is 9.52. The van der Waals surface area contributed by atoms with Crippen LogP contribution in [0.4, 0.5) is 0 Å². The number of rotatable bonds is 6. The van der Waals surface area contributed by atoms with Gasteiger partial charge in [-0.05, 0) is 24.1 Å². The van der Waals surface area contributed by atoms with Crippen LogP contribution in [-0.2, 0) is 17.7 Å². The first-order valence-corrected chi connectivity index (χ1v) is 8.88. The van der Waals surface area contributed by atoms with Gasteiger partial charge in [-0.15, -0.1) is 0 Å². The molecule has 0 atom stereocenters. The minimum Gasteiger partial charge on any atom is -0.383 e. The molecule has 0 aliphatic heterocycles. The molecule has 0 unspecified atom stereocenters. The molecule has 0 fully saturated rings. The Hall–Kier alpha value is -2.21. The zero-order chi connectivity index (χ0) is 19.2. The Morgan fingerprint density at radius 3 is 2.36 bits per heavy atom. The predicted molar refractivity (Wildman–Crippen MR) is 103 cm³/mol. The van der Waals surface area contributed by atoms with Gasteiger partial charge in [-0.25, -0.2) is 4.98 Å². The Kier molecular flexibility index (Phi) is 12.0. The molecule has 25 heavy (non-hydrogen) atoms. The van der Waals surface area contributed by atoms with E-state index in [0.717, 1.165) is 23.2 Å². The van der Waals surface area contributed by atoms with Gasteiger partial charge in [0.15, 0.2) is 0 Å². The lowest BCUT2D eigenvalue weighted by atomic mass is 10.1. The maximum Gasteiger partial charge on any atom is 0.267 e. The van der Waals surface area contributed by atoms with Crippen LogP contribution in [0.5, 0.6) is 0 Å². The molecule has 6 heteroatoms. The van der Waals surface area contributed by atoms with E-state index in [2.05, 4.69) is 23.9 Å². The summed E-state index contributed by atoms with van der Waals surface area (Å²) in [7, 11) is 1.65. The van der Waals surface area contributed by atoms with Crippen LogP contribution in [-0.4, -0.2) is 34.4 Å². The largest absolute Gasteiger partial charge is 0.383 e. The van der Waals surface area contributed by atoms with Crippen LogP contribution in [0.15, 0.2) is 24.5 Å². The Morgan fingerprint density at radius 2 is 1.84 bits per heavy atom. The van der Waals surface area contributed by atoms with Crippen molar-refractivity contribution >= 4 is 5.91 Å². The number of primary amides is 1. The number of carbonyl (C=O) groups is 1. The van der Waals surface area contributed by atoms with Gasteiger partial charge >= 0.3 is 0 Å². The standard InChI is InChI=1S/C14H18N4O2.C3H8.C2H6/c1-3-12-6-10(7-13(17-12)14(15)19)11-8-16-18(9-11)4-5-20-2;1-3-2;1-2/h6-9H,3-5H2,1-2H3,(H2,15,19);3H2,1-2H3;1-2H3. The zero-order valence-electron chi connectivity index (χ0n) is 16.4. The van der Waals surface area contributed by atoms with E-state index in [1.807, 2.05) is 33.0 Å². The zero-order valence-corrected chi connectivity index (χ0v) is 16.4. The molecule has 6 nitrogen and oxygen atoms in total. The fraction of sp³-hybridized carbons (Fsp3) is 0.526. The van der Waals surface area contributed by atoms with Crippen molar-refractivity contribution < 1.29 is 9.53 Å². The van der Waals surface area contributed by atoms with E-state index in [1.165, 1.54) is 6.42 Å². The number of hydrogen-bond acceptors (Lipinski definition) is 4. The van der Waals surface area contributed by atoms with Crippen molar-refractivity contribution in [3.05, 3.63) is 35.9 Å². The molecule has 0 aliphatic rings. The van der Waals surface area contributed by atoms with Crippen molar-refractivity contribution in [2.75, 3.05) is 13.7 Å². The monoisotopic (exact) mass is 348 g/mol. The molecule has 2 aromatic rings. The number of carbonyl (C=O) groups excluding carboxylic acids is 1. The lowest BCUT2D eigenvalue weighted by molar-refractivity contribution is 0.0995. The van der Waals surface area contributed by atoms with Crippen LogP contribution >= 0.6 is 0 Å². The maximum atomic E-state index is 11.3. The molecule has 0 saturated carbocycles. The van der Waals surface area contributed by atoms with Gasteiger partial charge in [0.05, 0.1) is 19.3 Å². The van der Waals surface area contributed by atoms with E-state index in [1.54, 1.807) is 24.1 Å². The van der Waals surface area contributed by atoms with Crippen molar-refractivity contribution in [1.29, 1.82) is 0 Å². The van der Waals surface area contributed by atoms with E-state index in [-0.39, 0.29) is 5.69 Å². The maximum absolute atomic E-state index is 11.3. The second kappa shape index (κ2) is 13.1. The van der Waals surface area contributed by atoms with Gasteiger partial charge in [-0.2, -0.15) is 5.10 Å². The quantitative estimate of drug-likeness (QED) is 0.863. The average molecular weight is 348 g/mol. The Balaban J connectivity index is 0.00000104. The number of aryl methyl sites for hydroxylation is 1. The van der Waals surface area contributed by atoms with Gasteiger partial charge in [-0.1, -0.05) is 41.0 Å². The SMILES string of the molecule is CC.CCC.CCc1cc(-c2cnn(CCOC)c2)cc(C(N)=O)n1. The summed E-state index contributed by atoms with van der Waals surface area (Å²) in [6.45, 7) is 11.5. The molecule has 2 aromatic heterocycles. The summed E-state index contributed by atoms with van der Waals surface area (Å²) >= 11 is 0. The van der Waals surface area contributed by atoms with Crippen LogP contribution < -0.4 is 5.73 Å². The summed E-state index contributed by atoms with van der Waals surface area (Å²) in [5.41, 5.74) is 8.26. The number of ether oxygens (including phenoxy) is 1. The molecule has 0 bridgehead atoms. The fourth-order valence-electron chi connectivity index (χ4n) is 1.88. The third-order valence-corrected chi connectivity index (χ3v) is 2.98. The number of aromatic nitrogens is 3. The number of hydrogen-bond donors (Lipinski definition) is 1. The molecular weight excluding hydrogens is 316 g/mol. The Bertz CT molecular complexity index is 624. The van der Waals surface area contributed by atoms with E-state index in [9.17, 15) is 4.79 Å². The number of pyridine rings is 1. The molecule has 0 aromatic carbocycles. The molecule has 140 valence electrons. The molecule has 0 saturated heterocycles. The number of nitrogens with zero attached hydrogens (tertiary/aromatic N) is 3. The predicted octanol–water partition coefficient (Wildman–Crippen LogP) is 3.70. The van der Waals surface area contributed by atoms with Crippen molar-refractivity contribution in [3.63, 3.8) is 0 Å². The smallest absolute Gasteiger partial charge is 0.267 e. The third kappa shape index (κ3) is 7.94. The van der Waals surface area contributed by atoms with Gasteiger partial charge in [0.1, 0.15) is 5.69 Å². The highest BCUT2D eigenvalue weighted by Crippen LogP contribution is 2.20. The summed E-state index contributed by atoms with van der Waals surface area (Å²) in [6, 6.07) is 3.64. The summed E-state index contributed by atoms with van der Waals surface area (Å²) < 4.78 is 6.82. The number of amides is 1. The van der Waals surface area contributed by atoms with Crippen LogP contribution in [0.2, 0.25) is 0 Å². The van der Waals surface area contributed by atoms with Gasteiger partial charge in [0, 0.05) is 24.6 Å². The number of nitrogens with two attached hydrogens (primary N) is 1. The van der Waals surface area contributed by atoms with Gasteiger partial charge in [-0.3, -0.25) is 9.48 Å². The topological polar surface area (TPSA) is 83.0 Å². The minimum atomic E-state index is -0.520. The molecular formula is C19H32N4O2. The molecule has 2 rings (SSSR count). The van der Waals surface area contributed by atoms with Crippen molar-refractivity contribution in [3.8, 4) is 11.1 Å². The second-order valence-corrected chi connectivity index (χ2v) is 5.14. The molecule has 0 radical (unpaired) electrons. The van der Waals surface area contributed by atoms with Crippen LogP contribution in [0.1, 0.15) is 57.2 Å². The fourth-order valence-corrected chi connectivity index (χ4v) is 1.88. The Morgan fingerprint density at radius 1 is 1.20 bits per heavy atom.